The van der Waals surface area contributed by atoms with Crippen molar-refractivity contribution in [3.8, 4) is 0 Å². The van der Waals surface area contributed by atoms with E-state index in [-0.39, 0.29) is 17.9 Å². The van der Waals surface area contributed by atoms with Crippen LogP contribution in [0.1, 0.15) is 30.9 Å². The number of aliphatic imine (C=N–C) groups is 4. The highest BCUT2D eigenvalue weighted by molar-refractivity contribution is 6.41. The van der Waals surface area contributed by atoms with E-state index in [4.69, 9.17) is 4.99 Å². The summed E-state index contributed by atoms with van der Waals surface area (Å²) >= 11 is 0. The molecule has 0 fully saturated rings. The molecule has 4 rings (SSSR count). The molecule has 0 spiro atoms. The Labute approximate surface area is 225 Å². The first-order chi connectivity index (χ1) is 18.7. The Kier molecular flexibility index (Phi) is 10.0. The molecule has 0 radical (unpaired) electrons. The SMILES string of the molecule is CCN=CC=NCCCNC(=O)C1=NC=CC2N=C(c3ccc(C[NH2+]C)cc3)C(C3=CC=CCC=C3)=CC12. The topological polar surface area (TPSA) is 95.2 Å². The standard InChI is InChI=1S/C31H36N6O/c1-3-33-19-20-34-16-8-17-36-31(38)30-27-21-26(24-9-6-4-5-7-10-24)29(37-28(27)15-18-35-30)25-13-11-23(12-14-25)22-32-2/h4,6-7,9-15,18-21,27-28,32H,3,5,8,16-17,22H2,1-2H3,(H,36,38)/p+1. The quantitative estimate of drug-likeness (QED) is 0.348. The van der Waals surface area contributed by atoms with Gasteiger partial charge in [-0.05, 0) is 31.4 Å². The smallest absolute Gasteiger partial charge is 0.266 e. The molecule has 2 atom stereocenters. The molecule has 1 aromatic carbocycles. The van der Waals surface area contributed by atoms with E-state index in [1.54, 1.807) is 18.6 Å². The van der Waals surface area contributed by atoms with Crippen molar-refractivity contribution in [2.75, 3.05) is 26.7 Å². The Morgan fingerprint density at radius 2 is 2.03 bits per heavy atom. The van der Waals surface area contributed by atoms with E-state index < -0.39 is 0 Å². The van der Waals surface area contributed by atoms with E-state index in [2.05, 4.69) is 93.4 Å². The predicted molar refractivity (Wildman–Crippen MR) is 157 cm³/mol. The lowest BCUT2D eigenvalue weighted by Crippen LogP contribution is -2.77. The number of dihydropyridines is 1. The van der Waals surface area contributed by atoms with Crippen LogP contribution in [0, 0.1) is 5.92 Å². The first-order valence-electron chi connectivity index (χ1n) is 13.4. The number of fused-ring (bicyclic) bond motifs is 1. The third-order valence-electron chi connectivity index (χ3n) is 6.46. The Balaban J connectivity index is 1.54. The summed E-state index contributed by atoms with van der Waals surface area (Å²) in [5.74, 6) is -0.377. The molecule has 1 aliphatic carbocycles. The van der Waals surface area contributed by atoms with Crippen LogP contribution < -0.4 is 10.6 Å². The zero-order valence-corrected chi connectivity index (χ0v) is 22.3. The summed E-state index contributed by atoms with van der Waals surface area (Å²) in [6, 6.07) is 8.44. The first-order valence-corrected chi connectivity index (χ1v) is 13.4. The van der Waals surface area contributed by atoms with Gasteiger partial charge in [-0.15, -0.1) is 0 Å². The lowest BCUT2D eigenvalue weighted by molar-refractivity contribution is -0.643. The molecule has 3 N–H and O–H groups in total. The lowest BCUT2D eigenvalue weighted by atomic mass is 9.82. The van der Waals surface area contributed by atoms with Crippen LogP contribution in [-0.4, -0.2) is 62.5 Å². The highest BCUT2D eigenvalue weighted by atomic mass is 16.1. The van der Waals surface area contributed by atoms with E-state index in [1.807, 2.05) is 13.0 Å². The number of nitrogens with one attached hydrogen (secondary N) is 1. The van der Waals surface area contributed by atoms with Crippen LogP contribution in [0.15, 0.2) is 104 Å². The van der Waals surface area contributed by atoms with E-state index in [9.17, 15) is 4.79 Å². The number of carbonyl (C=O) groups excluding carboxylic acids is 1. The summed E-state index contributed by atoms with van der Waals surface area (Å²) in [6.45, 7) is 4.84. The molecule has 7 heteroatoms. The van der Waals surface area contributed by atoms with Gasteiger partial charge in [0.05, 0.1) is 24.7 Å². The van der Waals surface area contributed by atoms with Crippen molar-refractivity contribution in [2.24, 2.45) is 25.9 Å². The van der Waals surface area contributed by atoms with Crippen LogP contribution >= 0.6 is 0 Å². The van der Waals surface area contributed by atoms with Crippen molar-refractivity contribution in [1.29, 1.82) is 0 Å². The van der Waals surface area contributed by atoms with Gasteiger partial charge in [0.25, 0.3) is 5.91 Å². The number of amides is 1. The van der Waals surface area contributed by atoms with Crippen LogP contribution in [-0.2, 0) is 11.3 Å². The second kappa shape index (κ2) is 14.1. The van der Waals surface area contributed by atoms with Gasteiger partial charge < -0.3 is 10.6 Å². The highest BCUT2D eigenvalue weighted by Crippen LogP contribution is 2.32. The van der Waals surface area contributed by atoms with Crippen LogP contribution in [0.5, 0.6) is 0 Å². The minimum absolute atomic E-state index is 0.152. The van der Waals surface area contributed by atoms with Crippen molar-refractivity contribution in [3.63, 3.8) is 0 Å². The zero-order valence-electron chi connectivity index (χ0n) is 22.3. The molecule has 1 amide bonds. The minimum Gasteiger partial charge on any atom is -0.351 e. The predicted octanol–water partition coefficient (Wildman–Crippen LogP) is 3.17. The molecule has 0 bridgehead atoms. The third-order valence-corrected chi connectivity index (χ3v) is 6.46. The van der Waals surface area contributed by atoms with Gasteiger partial charge in [0.15, 0.2) is 0 Å². The largest absolute Gasteiger partial charge is 0.351 e. The summed E-state index contributed by atoms with van der Waals surface area (Å²) in [6.07, 6.45) is 21.5. The van der Waals surface area contributed by atoms with Crippen molar-refractivity contribution in [3.05, 3.63) is 95.3 Å². The minimum atomic E-state index is -0.225. The summed E-state index contributed by atoms with van der Waals surface area (Å²) in [5.41, 5.74) is 5.90. The molecule has 0 saturated heterocycles. The van der Waals surface area contributed by atoms with Gasteiger partial charge in [0, 0.05) is 55.0 Å². The molecule has 3 aliphatic rings. The van der Waals surface area contributed by atoms with Crippen molar-refractivity contribution < 1.29 is 10.1 Å². The monoisotopic (exact) mass is 509 g/mol. The summed E-state index contributed by atoms with van der Waals surface area (Å²) in [5, 5.41) is 5.18. The van der Waals surface area contributed by atoms with E-state index in [0.29, 0.717) is 18.8 Å². The zero-order chi connectivity index (χ0) is 26.6. The van der Waals surface area contributed by atoms with Crippen LogP contribution in [0.3, 0.4) is 0 Å². The van der Waals surface area contributed by atoms with Crippen LogP contribution in [0.2, 0.25) is 0 Å². The third kappa shape index (κ3) is 7.07. The molecule has 2 unspecified atom stereocenters. The second-order valence-corrected chi connectivity index (χ2v) is 9.24. The molecular weight excluding hydrogens is 472 g/mol. The van der Waals surface area contributed by atoms with Gasteiger partial charge in [-0.1, -0.05) is 60.7 Å². The van der Waals surface area contributed by atoms with E-state index in [0.717, 1.165) is 48.4 Å². The number of hydrogen-bond acceptors (Lipinski definition) is 5. The highest BCUT2D eigenvalue weighted by Gasteiger charge is 2.34. The number of allylic oxidation sites excluding steroid dienone is 7. The lowest BCUT2D eigenvalue weighted by Gasteiger charge is -2.30. The maximum absolute atomic E-state index is 13.2. The average molecular weight is 510 g/mol. The average Bonchev–Trinajstić information content (AvgIpc) is 3.23. The second-order valence-electron chi connectivity index (χ2n) is 9.24. The number of rotatable bonds is 11. The fourth-order valence-electron chi connectivity index (χ4n) is 4.56. The van der Waals surface area contributed by atoms with Crippen LogP contribution in [0.4, 0.5) is 0 Å². The fourth-order valence-corrected chi connectivity index (χ4v) is 4.56. The van der Waals surface area contributed by atoms with Crippen molar-refractivity contribution in [2.45, 2.75) is 32.4 Å². The number of quaternary nitrogens is 1. The Morgan fingerprint density at radius 3 is 2.84 bits per heavy atom. The fraction of sp³-hybridized carbons (Fsp3) is 0.323. The molecule has 0 aromatic heterocycles. The van der Waals surface area contributed by atoms with Crippen LogP contribution in [0.25, 0.3) is 0 Å². The number of benzene rings is 1. The van der Waals surface area contributed by atoms with Gasteiger partial charge in [-0.25, -0.2) is 0 Å². The van der Waals surface area contributed by atoms with Gasteiger partial charge >= 0.3 is 0 Å². The van der Waals surface area contributed by atoms with Gasteiger partial charge in [0.2, 0.25) is 0 Å². The number of hydrogen-bond donors (Lipinski definition) is 2. The number of carbonyl (C=O) groups is 1. The Bertz CT molecular complexity index is 1260. The molecule has 0 saturated carbocycles. The molecule has 2 heterocycles. The maximum atomic E-state index is 13.2. The maximum Gasteiger partial charge on any atom is 0.266 e. The van der Waals surface area contributed by atoms with Gasteiger partial charge in [-0.2, -0.15) is 0 Å². The Morgan fingerprint density at radius 1 is 1.18 bits per heavy atom. The van der Waals surface area contributed by atoms with Gasteiger partial charge in [-0.3, -0.25) is 24.8 Å². The van der Waals surface area contributed by atoms with Gasteiger partial charge in [0.1, 0.15) is 12.3 Å². The molecule has 196 valence electrons. The first kappa shape index (κ1) is 27.1. The normalized spacial score (nSPS) is 20.6. The molecular formula is C31H37N6O+. The van der Waals surface area contributed by atoms with E-state index >= 15 is 0 Å². The number of nitrogens with zero attached hydrogens (tertiary/aromatic N) is 4. The summed E-state index contributed by atoms with van der Waals surface area (Å²) in [4.78, 5) is 31.2. The van der Waals surface area contributed by atoms with Crippen molar-refractivity contribution >= 4 is 29.8 Å². The van der Waals surface area contributed by atoms with E-state index in [1.165, 1.54) is 5.56 Å². The number of nitrogens with two attached hydrogens (primary N) is 1. The van der Waals surface area contributed by atoms with Crippen molar-refractivity contribution in [1.82, 2.24) is 5.32 Å². The molecule has 7 nitrogen and oxygen atoms in total. The summed E-state index contributed by atoms with van der Waals surface area (Å²) < 4.78 is 0. The molecule has 2 aliphatic heterocycles. The summed E-state index contributed by atoms with van der Waals surface area (Å²) in [7, 11) is 2.07. The Hall–Kier alpha value is -3.97. The molecule has 1 aromatic rings. The molecule has 38 heavy (non-hydrogen) atoms.